The van der Waals surface area contributed by atoms with Crippen molar-refractivity contribution in [1.29, 1.82) is 0 Å². The van der Waals surface area contributed by atoms with E-state index in [1.54, 1.807) is 13.8 Å². The summed E-state index contributed by atoms with van der Waals surface area (Å²) in [5.41, 5.74) is -0.575. The third-order valence-electron chi connectivity index (χ3n) is 12.0. The summed E-state index contributed by atoms with van der Waals surface area (Å²) < 4.78 is 0. The summed E-state index contributed by atoms with van der Waals surface area (Å²) in [5, 5.41) is 4.59. The molecule has 2 saturated carbocycles. The van der Waals surface area contributed by atoms with Gasteiger partial charge in [-0.3, -0.25) is 19.3 Å². The second-order valence-corrected chi connectivity index (χ2v) is 18.5. The smallest absolute Gasteiger partial charge is 0.219 e. The average molecular weight is 675 g/mol. The van der Waals surface area contributed by atoms with Gasteiger partial charge in [-0.25, -0.2) is 0 Å². The van der Waals surface area contributed by atoms with Crippen molar-refractivity contribution in [1.82, 2.24) is 19.9 Å². The van der Waals surface area contributed by atoms with Crippen molar-refractivity contribution in [3.63, 3.8) is 0 Å². The van der Waals surface area contributed by atoms with Crippen LogP contribution in [0.2, 0.25) is 0 Å². The standard InChI is InChI=1S/C40H74N4O4/c1-31(45)41(33-27-37(3,4)43(38(5,6)28-33)47-35-21-15-13-16-22-35)25-19-11-12-20-26-42(32(2)46)34-29-39(7,8)44(40(9,10)30-34)48-36-23-17-14-18-24-36/h33-36H,11-30H2,1-10H3. The maximum Gasteiger partial charge on any atom is 0.219 e. The molecule has 0 unspecified atom stereocenters. The molecule has 0 bridgehead atoms. The summed E-state index contributed by atoms with van der Waals surface area (Å²) in [5.74, 6) is 0.361. The van der Waals surface area contributed by atoms with Crippen molar-refractivity contribution in [2.24, 2.45) is 0 Å². The number of hydrogen-bond donors (Lipinski definition) is 0. The Morgan fingerprint density at radius 1 is 0.521 bits per heavy atom. The van der Waals surface area contributed by atoms with Gasteiger partial charge >= 0.3 is 0 Å². The molecule has 8 heteroatoms. The fourth-order valence-corrected chi connectivity index (χ4v) is 10.2. The van der Waals surface area contributed by atoms with Gasteiger partial charge in [-0.05, 0) is 120 Å². The van der Waals surface area contributed by atoms with Crippen LogP contribution in [0, 0.1) is 0 Å². The number of nitrogens with zero attached hydrogens (tertiary/aromatic N) is 4. The monoisotopic (exact) mass is 675 g/mol. The van der Waals surface area contributed by atoms with Crippen molar-refractivity contribution in [3.05, 3.63) is 0 Å². The zero-order valence-corrected chi connectivity index (χ0v) is 32.9. The maximum absolute atomic E-state index is 13.0. The molecule has 2 saturated heterocycles. The summed E-state index contributed by atoms with van der Waals surface area (Å²) in [6.45, 7) is 23.4. The first-order valence-corrected chi connectivity index (χ1v) is 19.9. The van der Waals surface area contributed by atoms with Crippen LogP contribution in [-0.4, -0.2) is 91.3 Å². The fourth-order valence-electron chi connectivity index (χ4n) is 10.2. The Hall–Kier alpha value is -1.22. The van der Waals surface area contributed by atoms with E-state index in [1.165, 1.54) is 38.5 Å². The Kier molecular flexibility index (Phi) is 13.5. The molecule has 2 amide bonds. The molecule has 4 rings (SSSR count). The van der Waals surface area contributed by atoms with E-state index < -0.39 is 0 Å². The van der Waals surface area contributed by atoms with E-state index in [9.17, 15) is 9.59 Å². The number of carbonyl (C=O) groups is 2. The van der Waals surface area contributed by atoms with E-state index in [4.69, 9.17) is 9.68 Å². The second kappa shape index (κ2) is 16.4. The molecule has 8 nitrogen and oxygen atoms in total. The minimum atomic E-state index is -0.144. The van der Waals surface area contributed by atoms with Crippen LogP contribution in [0.5, 0.6) is 0 Å². The van der Waals surface area contributed by atoms with Crippen LogP contribution in [0.3, 0.4) is 0 Å². The van der Waals surface area contributed by atoms with Gasteiger partial charge in [0.25, 0.3) is 0 Å². The molecule has 2 aliphatic carbocycles. The number of carbonyl (C=O) groups excluding carboxylic acids is 2. The lowest BCUT2D eigenvalue weighted by Gasteiger charge is -2.56. The summed E-state index contributed by atoms with van der Waals surface area (Å²) in [7, 11) is 0. The molecule has 278 valence electrons. The molecular formula is C40H74N4O4. The minimum absolute atomic E-state index is 0.144. The van der Waals surface area contributed by atoms with Crippen molar-refractivity contribution in [2.75, 3.05) is 13.1 Å². The summed E-state index contributed by atoms with van der Waals surface area (Å²) in [4.78, 5) is 43.7. The number of unbranched alkanes of at least 4 members (excludes halogenated alkanes) is 3. The summed E-state index contributed by atoms with van der Waals surface area (Å²) in [6, 6.07) is 0.429. The number of amides is 2. The fraction of sp³-hybridized carbons (Fsp3) is 0.950. The minimum Gasteiger partial charge on any atom is -0.340 e. The van der Waals surface area contributed by atoms with Gasteiger partial charge in [0.15, 0.2) is 0 Å². The lowest BCUT2D eigenvalue weighted by molar-refractivity contribution is -0.313. The lowest BCUT2D eigenvalue weighted by atomic mass is 9.78. The van der Waals surface area contributed by atoms with Gasteiger partial charge in [0.2, 0.25) is 11.8 Å². The van der Waals surface area contributed by atoms with E-state index in [-0.39, 0.29) is 46.1 Å². The molecule has 0 aromatic carbocycles. The molecule has 0 aromatic heterocycles. The molecule has 0 aromatic rings. The number of hydroxylamine groups is 4. The Morgan fingerprint density at radius 3 is 1.08 bits per heavy atom. The number of piperidine rings is 2. The predicted octanol–water partition coefficient (Wildman–Crippen LogP) is 8.82. The molecule has 4 fully saturated rings. The van der Waals surface area contributed by atoms with E-state index in [0.717, 1.165) is 90.1 Å². The number of rotatable bonds is 13. The Labute approximate surface area is 294 Å². The number of hydrogen-bond acceptors (Lipinski definition) is 6. The highest BCUT2D eigenvalue weighted by Gasteiger charge is 2.50. The molecule has 0 N–H and O–H groups in total. The Morgan fingerprint density at radius 2 is 0.812 bits per heavy atom. The SMILES string of the molecule is CC(=O)N(CCCCCCN(C(C)=O)C1CC(C)(C)N(OC2CCCCC2)C(C)(C)C1)C1CC(C)(C)N(OC2CCCCC2)C(C)(C)C1. The zero-order chi connectivity index (χ0) is 35.3. The predicted molar refractivity (Wildman–Crippen MR) is 195 cm³/mol. The Balaban J connectivity index is 1.26. The maximum atomic E-state index is 13.0. The first-order valence-electron chi connectivity index (χ1n) is 19.9. The molecule has 2 heterocycles. The Bertz CT molecular complexity index is 928. The molecule has 0 atom stereocenters. The normalized spacial score (nSPS) is 26.0. The van der Waals surface area contributed by atoms with Crippen molar-refractivity contribution < 1.29 is 19.3 Å². The zero-order valence-electron chi connectivity index (χ0n) is 32.9. The van der Waals surface area contributed by atoms with Gasteiger partial charge in [-0.2, -0.15) is 10.1 Å². The van der Waals surface area contributed by atoms with Gasteiger partial charge in [-0.1, -0.05) is 51.4 Å². The van der Waals surface area contributed by atoms with Gasteiger partial charge in [-0.15, -0.1) is 0 Å². The third-order valence-corrected chi connectivity index (χ3v) is 12.0. The van der Waals surface area contributed by atoms with Gasteiger partial charge in [0.05, 0.1) is 12.2 Å². The van der Waals surface area contributed by atoms with E-state index >= 15 is 0 Å². The van der Waals surface area contributed by atoms with Gasteiger partial charge < -0.3 is 9.80 Å². The average Bonchev–Trinajstić information content (AvgIpc) is 2.98. The molecule has 2 aliphatic heterocycles. The van der Waals surface area contributed by atoms with Crippen molar-refractivity contribution >= 4 is 11.8 Å². The van der Waals surface area contributed by atoms with Crippen LogP contribution in [0.4, 0.5) is 0 Å². The molecular weight excluding hydrogens is 600 g/mol. The highest BCUT2D eigenvalue weighted by molar-refractivity contribution is 5.74. The quantitative estimate of drug-likeness (QED) is 0.182. The van der Waals surface area contributed by atoms with Crippen LogP contribution in [0.1, 0.15) is 185 Å². The van der Waals surface area contributed by atoms with Gasteiger partial charge in [0.1, 0.15) is 0 Å². The first kappa shape index (κ1) is 39.6. The second-order valence-electron chi connectivity index (χ2n) is 18.5. The largest absolute Gasteiger partial charge is 0.340 e. The molecule has 48 heavy (non-hydrogen) atoms. The molecule has 0 spiro atoms. The highest BCUT2D eigenvalue weighted by atomic mass is 16.7. The van der Waals surface area contributed by atoms with Crippen LogP contribution < -0.4 is 0 Å². The first-order chi connectivity index (χ1) is 22.4. The van der Waals surface area contributed by atoms with Crippen LogP contribution >= 0.6 is 0 Å². The van der Waals surface area contributed by atoms with Crippen molar-refractivity contribution in [2.45, 2.75) is 231 Å². The summed E-state index contributed by atoms with van der Waals surface area (Å²) in [6.07, 6.45) is 20.8. The summed E-state index contributed by atoms with van der Waals surface area (Å²) >= 11 is 0. The molecule has 0 radical (unpaired) electrons. The van der Waals surface area contributed by atoms with Crippen molar-refractivity contribution in [3.8, 4) is 0 Å². The van der Waals surface area contributed by atoms with E-state index in [1.807, 2.05) is 0 Å². The van der Waals surface area contributed by atoms with Crippen LogP contribution in [0.25, 0.3) is 0 Å². The van der Waals surface area contributed by atoms with Crippen LogP contribution in [-0.2, 0) is 19.3 Å². The topological polar surface area (TPSA) is 65.6 Å². The lowest BCUT2D eigenvalue weighted by Crippen LogP contribution is -2.65. The van der Waals surface area contributed by atoms with Crippen LogP contribution in [0.15, 0.2) is 0 Å². The highest BCUT2D eigenvalue weighted by Crippen LogP contribution is 2.43. The van der Waals surface area contributed by atoms with E-state index in [2.05, 4.69) is 75.3 Å². The van der Waals surface area contributed by atoms with Gasteiger partial charge in [0, 0.05) is 61.2 Å². The molecule has 4 aliphatic rings. The third kappa shape index (κ3) is 10.2. The van der Waals surface area contributed by atoms with E-state index in [0.29, 0.717) is 12.2 Å².